The van der Waals surface area contributed by atoms with Crippen molar-refractivity contribution in [3.05, 3.63) is 83.9 Å². The number of benzene rings is 2. The maximum atomic E-state index is 15.6. The van der Waals surface area contributed by atoms with Crippen molar-refractivity contribution in [1.82, 2.24) is 30.3 Å². The molecule has 0 saturated carbocycles. The Balaban J connectivity index is 1.44. The van der Waals surface area contributed by atoms with E-state index in [1.165, 1.54) is 16.8 Å². The monoisotopic (exact) mass is 497 g/mol. The number of aliphatic hydroxyl groups excluding tert-OH is 1. The number of carbonyl (C=O) groups is 1. The third kappa shape index (κ3) is 4.20. The molecule has 1 atom stereocenters. The number of rotatable bonds is 5. The third-order valence-corrected chi connectivity index (χ3v) is 6.71. The minimum atomic E-state index is -0.674. The van der Waals surface area contributed by atoms with Crippen LogP contribution in [0.1, 0.15) is 28.8 Å². The van der Waals surface area contributed by atoms with Crippen LogP contribution in [0.4, 0.5) is 10.2 Å². The summed E-state index contributed by atoms with van der Waals surface area (Å²) in [5.41, 5.74) is 2.14. The number of aromatic nitrogens is 5. The number of aliphatic hydroxyl groups is 1. The van der Waals surface area contributed by atoms with Crippen molar-refractivity contribution in [2.75, 3.05) is 18.0 Å². The first-order chi connectivity index (χ1) is 18.1. The molecule has 10 heteroatoms. The quantitative estimate of drug-likeness (QED) is 0.383. The van der Waals surface area contributed by atoms with Crippen LogP contribution in [-0.2, 0) is 6.61 Å². The first-order valence-corrected chi connectivity index (χ1v) is 12.1. The average Bonchev–Trinajstić information content (AvgIpc) is 3.38. The van der Waals surface area contributed by atoms with Crippen LogP contribution in [0.25, 0.3) is 27.6 Å². The zero-order valence-electron chi connectivity index (χ0n) is 19.9. The molecule has 0 aliphatic carbocycles. The summed E-state index contributed by atoms with van der Waals surface area (Å²) >= 11 is 0. The lowest BCUT2D eigenvalue weighted by Gasteiger charge is -2.34. The topological polar surface area (TPSA) is 109 Å². The van der Waals surface area contributed by atoms with E-state index in [4.69, 9.17) is 0 Å². The van der Waals surface area contributed by atoms with Crippen molar-refractivity contribution in [3.63, 3.8) is 0 Å². The van der Waals surface area contributed by atoms with E-state index in [1.54, 1.807) is 35.5 Å². The molecule has 0 spiro atoms. The number of carbonyl (C=O) groups excluding carboxylic acids is 1. The maximum absolute atomic E-state index is 15.6. The number of amides is 1. The molecule has 1 fully saturated rings. The molecule has 0 radical (unpaired) electrons. The molecular weight excluding hydrogens is 473 g/mol. The molecule has 3 aromatic heterocycles. The predicted molar refractivity (Wildman–Crippen MR) is 137 cm³/mol. The average molecular weight is 498 g/mol. The maximum Gasteiger partial charge on any atom is 0.262 e. The summed E-state index contributed by atoms with van der Waals surface area (Å²) in [6.07, 6.45) is 4.91. The first-order valence-electron chi connectivity index (χ1n) is 12.1. The van der Waals surface area contributed by atoms with Gasteiger partial charge in [0.2, 0.25) is 0 Å². The van der Waals surface area contributed by atoms with Crippen LogP contribution in [0.15, 0.2) is 67.0 Å². The summed E-state index contributed by atoms with van der Waals surface area (Å²) in [5.74, 6) is -0.706. The summed E-state index contributed by atoms with van der Waals surface area (Å²) in [7, 11) is 0. The number of hydrogen-bond donors (Lipinski definition) is 2. The van der Waals surface area contributed by atoms with E-state index in [0.717, 1.165) is 30.2 Å². The molecule has 2 aromatic carbocycles. The summed E-state index contributed by atoms with van der Waals surface area (Å²) in [5, 5.41) is 22.8. The molecule has 1 saturated heterocycles. The smallest absolute Gasteiger partial charge is 0.262 e. The Morgan fingerprint density at radius 1 is 1.14 bits per heavy atom. The highest BCUT2D eigenvalue weighted by atomic mass is 19.1. The Morgan fingerprint density at radius 3 is 2.86 bits per heavy atom. The van der Waals surface area contributed by atoms with Gasteiger partial charge in [0.05, 0.1) is 23.9 Å². The van der Waals surface area contributed by atoms with Crippen LogP contribution in [0, 0.1) is 5.82 Å². The standard InChI is InChI=1S/C27H24FN7O2/c28-23-14-19(35-26-24(32-33-35)4-2-11-30-26)7-8-21(23)27(37)34(20-3-1-10-29-15-20)25-22-13-17(16-36)5-6-18(22)9-12-31-25/h2,4-9,11-14,20,29,36H,1,3,10,15-16H2/t20-/m1/s1. The van der Waals surface area contributed by atoms with Gasteiger partial charge in [-0.25, -0.2) is 14.4 Å². The fraction of sp³-hybridized carbons (Fsp3) is 0.222. The van der Waals surface area contributed by atoms with Crippen LogP contribution < -0.4 is 10.2 Å². The second kappa shape index (κ2) is 9.64. The molecule has 6 rings (SSSR count). The fourth-order valence-electron chi connectivity index (χ4n) is 4.86. The van der Waals surface area contributed by atoms with Gasteiger partial charge in [-0.15, -0.1) is 5.10 Å². The molecule has 1 aliphatic rings. The van der Waals surface area contributed by atoms with Crippen molar-refractivity contribution in [1.29, 1.82) is 0 Å². The van der Waals surface area contributed by atoms with Crippen LogP contribution in [0.3, 0.4) is 0 Å². The largest absolute Gasteiger partial charge is 0.392 e. The minimum absolute atomic E-state index is 0.0659. The summed E-state index contributed by atoms with van der Waals surface area (Å²) in [6.45, 7) is 1.30. The van der Waals surface area contributed by atoms with Crippen molar-refractivity contribution >= 4 is 33.7 Å². The van der Waals surface area contributed by atoms with Crippen LogP contribution in [0.2, 0.25) is 0 Å². The number of halogens is 1. The van der Waals surface area contributed by atoms with E-state index in [-0.39, 0.29) is 18.2 Å². The first kappa shape index (κ1) is 23.1. The molecule has 0 unspecified atom stereocenters. The van der Waals surface area contributed by atoms with Gasteiger partial charge >= 0.3 is 0 Å². The van der Waals surface area contributed by atoms with Gasteiger partial charge in [0.25, 0.3) is 5.91 Å². The van der Waals surface area contributed by atoms with E-state index in [1.807, 2.05) is 24.3 Å². The van der Waals surface area contributed by atoms with Gasteiger partial charge in [0.1, 0.15) is 17.2 Å². The summed E-state index contributed by atoms with van der Waals surface area (Å²) in [4.78, 5) is 24.4. The molecule has 0 bridgehead atoms. The van der Waals surface area contributed by atoms with Gasteiger partial charge in [-0.3, -0.25) is 9.69 Å². The Morgan fingerprint density at radius 2 is 2.05 bits per heavy atom. The van der Waals surface area contributed by atoms with Gasteiger partial charge in [-0.05, 0) is 66.7 Å². The molecule has 2 N–H and O–H groups in total. The lowest BCUT2D eigenvalue weighted by atomic mass is 10.0. The number of piperidine rings is 1. The van der Waals surface area contributed by atoms with E-state index < -0.39 is 11.7 Å². The van der Waals surface area contributed by atoms with Gasteiger partial charge in [-0.2, -0.15) is 4.68 Å². The van der Waals surface area contributed by atoms with Crippen LogP contribution in [-0.4, -0.2) is 55.1 Å². The number of pyridine rings is 2. The second-order valence-electron chi connectivity index (χ2n) is 9.04. The van der Waals surface area contributed by atoms with Crippen molar-refractivity contribution in [2.24, 2.45) is 0 Å². The van der Waals surface area contributed by atoms with Crippen LogP contribution in [0.5, 0.6) is 0 Å². The zero-order valence-corrected chi connectivity index (χ0v) is 19.9. The number of nitrogens with one attached hydrogen (secondary N) is 1. The zero-order chi connectivity index (χ0) is 25.4. The Bertz CT molecular complexity index is 1610. The molecule has 37 heavy (non-hydrogen) atoms. The lowest BCUT2D eigenvalue weighted by Crippen LogP contribution is -2.49. The summed E-state index contributed by atoms with van der Waals surface area (Å²) < 4.78 is 17.0. The Labute approximate surface area is 211 Å². The molecule has 186 valence electrons. The number of nitrogens with zero attached hydrogens (tertiary/aromatic N) is 6. The van der Waals surface area contributed by atoms with Gasteiger partial charge < -0.3 is 10.4 Å². The third-order valence-electron chi connectivity index (χ3n) is 6.71. The highest BCUT2D eigenvalue weighted by Crippen LogP contribution is 2.31. The fourth-order valence-corrected chi connectivity index (χ4v) is 4.86. The van der Waals surface area contributed by atoms with Gasteiger partial charge in [0.15, 0.2) is 5.65 Å². The molecular formula is C27H24FN7O2. The molecule has 1 aliphatic heterocycles. The number of hydrogen-bond acceptors (Lipinski definition) is 7. The normalized spacial score (nSPS) is 15.8. The molecule has 4 heterocycles. The predicted octanol–water partition coefficient (Wildman–Crippen LogP) is 3.39. The van der Waals surface area contributed by atoms with Gasteiger partial charge in [-0.1, -0.05) is 17.3 Å². The highest BCUT2D eigenvalue weighted by molar-refractivity contribution is 6.10. The van der Waals surface area contributed by atoms with Crippen LogP contribution >= 0.6 is 0 Å². The number of fused-ring (bicyclic) bond motifs is 2. The SMILES string of the molecule is O=C(c1ccc(-n2nnc3cccnc32)cc1F)N(c1nccc2ccc(CO)cc12)[C@@H]1CCCNC1. The molecule has 5 aromatic rings. The molecule has 9 nitrogen and oxygen atoms in total. The van der Waals surface area contributed by atoms with E-state index in [0.29, 0.717) is 34.8 Å². The minimum Gasteiger partial charge on any atom is -0.392 e. The lowest BCUT2D eigenvalue weighted by molar-refractivity contribution is 0.0968. The Kier molecular flexibility index (Phi) is 6.03. The van der Waals surface area contributed by atoms with Crippen molar-refractivity contribution < 1.29 is 14.3 Å². The molecule has 1 amide bonds. The van der Waals surface area contributed by atoms with Gasteiger partial charge in [0, 0.05) is 30.4 Å². The van der Waals surface area contributed by atoms with Crippen molar-refractivity contribution in [3.8, 4) is 5.69 Å². The summed E-state index contributed by atoms with van der Waals surface area (Å²) in [6, 6.07) is 15.1. The van der Waals surface area contributed by atoms with E-state index >= 15 is 4.39 Å². The highest BCUT2D eigenvalue weighted by Gasteiger charge is 2.31. The van der Waals surface area contributed by atoms with E-state index in [2.05, 4.69) is 25.6 Å². The van der Waals surface area contributed by atoms with Crippen molar-refractivity contribution in [2.45, 2.75) is 25.5 Å². The van der Waals surface area contributed by atoms with E-state index in [9.17, 15) is 9.90 Å². The second-order valence-corrected chi connectivity index (χ2v) is 9.04. The Hall–Kier alpha value is -4.28. The number of anilines is 1.